The SMILES string of the molecule is CC[C@@]1(O)C(=O)OCc2c1cc1n(c2=O)Cc2c-1nc1ccc(O)cc1c2COC(C)(C)C. The van der Waals surface area contributed by atoms with Gasteiger partial charge in [-0.3, -0.25) is 4.79 Å². The lowest BCUT2D eigenvalue weighted by Gasteiger charge is -2.31. The third-order valence-corrected chi connectivity index (χ3v) is 6.44. The number of benzene rings is 1. The lowest BCUT2D eigenvalue weighted by Crippen LogP contribution is -2.44. The van der Waals surface area contributed by atoms with E-state index in [1.54, 1.807) is 35.8 Å². The minimum absolute atomic E-state index is 0.0870. The Kier molecular flexibility index (Phi) is 4.67. The molecule has 2 aliphatic rings. The topological polar surface area (TPSA) is 111 Å². The van der Waals surface area contributed by atoms with Gasteiger partial charge < -0.3 is 24.3 Å². The number of aromatic hydroxyl groups is 1. The number of ether oxygens (including phenoxy) is 2. The summed E-state index contributed by atoms with van der Waals surface area (Å²) in [6.45, 7) is 7.94. The van der Waals surface area contributed by atoms with Crippen LogP contribution in [-0.4, -0.2) is 31.3 Å². The van der Waals surface area contributed by atoms with Crippen LogP contribution in [0.5, 0.6) is 5.75 Å². The Morgan fingerprint density at radius 2 is 1.97 bits per heavy atom. The van der Waals surface area contributed by atoms with Gasteiger partial charge in [0.1, 0.15) is 12.4 Å². The van der Waals surface area contributed by atoms with Gasteiger partial charge in [0, 0.05) is 16.5 Å². The number of fused-ring (bicyclic) bond motifs is 5. The van der Waals surface area contributed by atoms with E-state index in [0.717, 1.165) is 16.5 Å². The van der Waals surface area contributed by atoms with Gasteiger partial charge in [-0.1, -0.05) is 6.92 Å². The van der Waals surface area contributed by atoms with Gasteiger partial charge in [-0.15, -0.1) is 0 Å². The summed E-state index contributed by atoms with van der Waals surface area (Å²) in [7, 11) is 0. The number of aliphatic hydroxyl groups is 1. The molecule has 0 bridgehead atoms. The molecule has 2 aromatic heterocycles. The first-order valence-electron chi connectivity index (χ1n) is 11.0. The number of hydrogen-bond donors (Lipinski definition) is 2. The Balaban J connectivity index is 1.77. The number of carbonyl (C=O) groups is 1. The van der Waals surface area contributed by atoms with Crippen molar-refractivity contribution in [1.29, 1.82) is 0 Å². The van der Waals surface area contributed by atoms with E-state index in [1.165, 1.54) is 0 Å². The number of hydrogen-bond acceptors (Lipinski definition) is 7. The quantitative estimate of drug-likeness (QED) is 0.462. The van der Waals surface area contributed by atoms with E-state index in [0.29, 0.717) is 16.9 Å². The van der Waals surface area contributed by atoms with Crippen LogP contribution < -0.4 is 5.56 Å². The molecule has 1 aromatic carbocycles. The van der Waals surface area contributed by atoms with Crippen molar-refractivity contribution >= 4 is 16.9 Å². The molecule has 33 heavy (non-hydrogen) atoms. The van der Waals surface area contributed by atoms with Crippen molar-refractivity contribution in [2.24, 2.45) is 0 Å². The zero-order valence-electron chi connectivity index (χ0n) is 19.1. The van der Waals surface area contributed by atoms with Gasteiger partial charge in [0.05, 0.1) is 41.2 Å². The van der Waals surface area contributed by atoms with Crippen molar-refractivity contribution < 1.29 is 24.5 Å². The average Bonchev–Trinajstić information content (AvgIpc) is 3.12. The fraction of sp³-hybridized carbons (Fsp3) is 0.400. The lowest BCUT2D eigenvalue weighted by molar-refractivity contribution is -0.172. The summed E-state index contributed by atoms with van der Waals surface area (Å²) < 4.78 is 12.8. The molecular formula is C25H26N2O6. The van der Waals surface area contributed by atoms with E-state index in [4.69, 9.17) is 14.5 Å². The summed E-state index contributed by atoms with van der Waals surface area (Å²) in [6, 6.07) is 6.64. The van der Waals surface area contributed by atoms with Crippen molar-refractivity contribution in [3.8, 4) is 17.1 Å². The number of phenolic OH excluding ortho intramolecular Hbond substituents is 1. The largest absolute Gasteiger partial charge is 0.508 e. The van der Waals surface area contributed by atoms with Crippen molar-refractivity contribution in [3.63, 3.8) is 0 Å². The van der Waals surface area contributed by atoms with E-state index >= 15 is 0 Å². The monoisotopic (exact) mass is 450 g/mol. The van der Waals surface area contributed by atoms with E-state index in [-0.39, 0.29) is 48.6 Å². The molecule has 0 saturated heterocycles. The predicted octanol–water partition coefficient (Wildman–Crippen LogP) is 3.10. The third-order valence-electron chi connectivity index (χ3n) is 6.44. The van der Waals surface area contributed by atoms with Crippen LogP contribution in [0.25, 0.3) is 22.3 Å². The maximum atomic E-state index is 13.4. The Bertz CT molecular complexity index is 1380. The van der Waals surface area contributed by atoms with Gasteiger partial charge in [-0.05, 0) is 57.0 Å². The molecule has 8 heteroatoms. The highest BCUT2D eigenvalue weighted by Gasteiger charge is 2.45. The molecule has 1 atom stereocenters. The summed E-state index contributed by atoms with van der Waals surface area (Å²) in [6.07, 6.45) is 0.0870. The smallest absolute Gasteiger partial charge is 0.343 e. The van der Waals surface area contributed by atoms with Crippen LogP contribution in [0.2, 0.25) is 0 Å². The van der Waals surface area contributed by atoms with Gasteiger partial charge >= 0.3 is 5.97 Å². The summed E-state index contributed by atoms with van der Waals surface area (Å²) >= 11 is 0. The molecule has 0 unspecified atom stereocenters. The number of phenols is 1. The summed E-state index contributed by atoms with van der Waals surface area (Å²) in [5, 5.41) is 21.9. The molecule has 8 nitrogen and oxygen atoms in total. The molecule has 4 heterocycles. The van der Waals surface area contributed by atoms with Crippen LogP contribution in [0.1, 0.15) is 56.4 Å². The molecule has 0 amide bonds. The number of cyclic esters (lactones) is 1. The number of pyridine rings is 2. The van der Waals surface area contributed by atoms with Crippen molar-refractivity contribution in [2.75, 3.05) is 0 Å². The number of rotatable bonds is 3. The second-order valence-electron chi connectivity index (χ2n) is 9.62. The van der Waals surface area contributed by atoms with Gasteiger partial charge in [0.2, 0.25) is 0 Å². The van der Waals surface area contributed by atoms with Crippen molar-refractivity contribution in [2.45, 2.75) is 65.1 Å². The first kappa shape index (κ1) is 21.6. The minimum Gasteiger partial charge on any atom is -0.508 e. The molecular weight excluding hydrogens is 424 g/mol. The zero-order chi connectivity index (χ0) is 23.7. The summed E-state index contributed by atoms with van der Waals surface area (Å²) in [5.74, 6) is -0.630. The van der Waals surface area contributed by atoms with Gasteiger partial charge in [-0.25, -0.2) is 9.78 Å². The fourth-order valence-corrected chi connectivity index (χ4v) is 4.60. The summed E-state index contributed by atoms with van der Waals surface area (Å²) in [5.41, 5.74) is 1.47. The van der Waals surface area contributed by atoms with E-state index in [2.05, 4.69) is 0 Å². The number of nitrogens with zero attached hydrogens (tertiary/aromatic N) is 2. The zero-order valence-corrected chi connectivity index (χ0v) is 19.1. The van der Waals surface area contributed by atoms with E-state index in [9.17, 15) is 19.8 Å². The van der Waals surface area contributed by atoms with E-state index in [1.807, 2.05) is 20.8 Å². The Morgan fingerprint density at radius 1 is 1.21 bits per heavy atom. The summed E-state index contributed by atoms with van der Waals surface area (Å²) in [4.78, 5) is 30.6. The Morgan fingerprint density at radius 3 is 2.67 bits per heavy atom. The number of carbonyl (C=O) groups excluding carboxylic acids is 1. The second-order valence-corrected chi connectivity index (χ2v) is 9.62. The first-order valence-corrected chi connectivity index (χ1v) is 11.0. The van der Waals surface area contributed by atoms with Crippen LogP contribution in [0.3, 0.4) is 0 Å². The molecule has 172 valence electrons. The van der Waals surface area contributed by atoms with Crippen molar-refractivity contribution in [3.05, 3.63) is 56.9 Å². The lowest BCUT2D eigenvalue weighted by atomic mass is 9.86. The first-order chi connectivity index (χ1) is 15.5. The van der Waals surface area contributed by atoms with Crippen LogP contribution in [0.4, 0.5) is 0 Å². The molecule has 2 aliphatic heterocycles. The highest BCUT2D eigenvalue weighted by Crippen LogP contribution is 2.41. The van der Waals surface area contributed by atoms with Crippen LogP contribution in [0.15, 0.2) is 29.1 Å². The van der Waals surface area contributed by atoms with Crippen molar-refractivity contribution in [1.82, 2.24) is 9.55 Å². The Labute approximate surface area is 190 Å². The van der Waals surface area contributed by atoms with Crippen LogP contribution in [0, 0.1) is 0 Å². The molecule has 0 aliphatic carbocycles. The minimum atomic E-state index is -1.87. The second kappa shape index (κ2) is 7.13. The van der Waals surface area contributed by atoms with Gasteiger partial charge in [-0.2, -0.15) is 0 Å². The molecule has 0 fully saturated rings. The Hall–Kier alpha value is -3.23. The van der Waals surface area contributed by atoms with Gasteiger partial charge in [0.25, 0.3) is 5.56 Å². The maximum absolute atomic E-state index is 13.4. The average molecular weight is 450 g/mol. The molecule has 3 aromatic rings. The predicted molar refractivity (Wildman–Crippen MR) is 121 cm³/mol. The normalized spacial score (nSPS) is 19.2. The number of aromatic nitrogens is 2. The standard InChI is InChI=1S/C25H26N2O6/c1-5-25(31)18-9-20-21-15(10-27(20)22(29)17(18)11-32-23(25)30)16(12-33-24(2,3)4)14-8-13(28)6-7-19(14)26-21/h6-9,28,31H,5,10-12H2,1-4H3/t25-/m0/s1. The van der Waals surface area contributed by atoms with Crippen LogP contribution >= 0.6 is 0 Å². The molecule has 0 spiro atoms. The van der Waals surface area contributed by atoms with E-state index < -0.39 is 17.2 Å². The van der Waals surface area contributed by atoms with Gasteiger partial charge in [0.15, 0.2) is 5.60 Å². The molecule has 2 N–H and O–H groups in total. The molecule has 0 radical (unpaired) electrons. The van der Waals surface area contributed by atoms with Crippen LogP contribution in [-0.2, 0) is 39.6 Å². The highest BCUT2D eigenvalue weighted by atomic mass is 16.6. The third kappa shape index (κ3) is 3.24. The molecule has 0 saturated carbocycles. The highest BCUT2D eigenvalue weighted by molar-refractivity contribution is 5.89. The fourth-order valence-electron chi connectivity index (χ4n) is 4.60. The molecule has 5 rings (SSSR count). The number of esters is 1. The maximum Gasteiger partial charge on any atom is 0.343 e.